The Hall–Kier alpha value is -2.38. The Labute approximate surface area is 122 Å². The standard InChI is InChI=1S/C13H20N6O2/c1-9(6-19-8-14-7-15-19)16-12(20)17-11-5-10(21-18-11)13(2,3)4/h5,7-9H,6H2,1-4H3,(H2,16,17,18,20). The van der Waals surface area contributed by atoms with Gasteiger partial charge in [-0.1, -0.05) is 25.9 Å². The molecule has 2 N–H and O–H groups in total. The van der Waals surface area contributed by atoms with E-state index in [0.717, 1.165) is 0 Å². The highest BCUT2D eigenvalue weighted by Crippen LogP contribution is 2.24. The van der Waals surface area contributed by atoms with Crippen molar-refractivity contribution in [2.75, 3.05) is 5.32 Å². The van der Waals surface area contributed by atoms with E-state index in [-0.39, 0.29) is 17.5 Å². The molecule has 2 heterocycles. The Morgan fingerprint density at radius 1 is 1.48 bits per heavy atom. The predicted octanol–water partition coefficient (Wildman–Crippen LogP) is 1.77. The monoisotopic (exact) mass is 292 g/mol. The number of rotatable bonds is 4. The lowest BCUT2D eigenvalue weighted by Crippen LogP contribution is -2.38. The van der Waals surface area contributed by atoms with Gasteiger partial charge >= 0.3 is 6.03 Å². The van der Waals surface area contributed by atoms with Crippen LogP contribution in [-0.2, 0) is 12.0 Å². The maximum Gasteiger partial charge on any atom is 0.320 e. The van der Waals surface area contributed by atoms with E-state index in [4.69, 9.17) is 4.52 Å². The molecule has 0 saturated carbocycles. The molecule has 1 atom stereocenters. The molecule has 0 spiro atoms. The van der Waals surface area contributed by atoms with E-state index >= 15 is 0 Å². The smallest absolute Gasteiger partial charge is 0.320 e. The summed E-state index contributed by atoms with van der Waals surface area (Å²) in [6.45, 7) is 8.46. The fraction of sp³-hybridized carbons (Fsp3) is 0.538. The van der Waals surface area contributed by atoms with Crippen LogP contribution >= 0.6 is 0 Å². The number of hydrogen-bond acceptors (Lipinski definition) is 5. The van der Waals surface area contributed by atoms with Gasteiger partial charge in [0, 0.05) is 17.5 Å². The molecule has 2 rings (SSSR count). The number of nitrogens with zero attached hydrogens (tertiary/aromatic N) is 4. The van der Waals surface area contributed by atoms with Crippen LogP contribution in [0.15, 0.2) is 23.2 Å². The summed E-state index contributed by atoms with van der Waals surface area (Å²) in [7, 11) is 0. The van der Waals surface area contributed by atoms with Gasteiger partial charge in [0.1, 0.15) is 18.4 Å². The highest BCUT2D eigenvalue weighted by Gasteiger charge is 2.20. The van der Waals surface area contributed by atoms with Gasteiger partial charge in [0.05, 0.1) is 6.54 Å². The third kappa shape index (κ3) is 4.30. The lowest BCUT2D eigenvalue weighted by molar-refractivity contribution is 0.247. The summed E-state index contributed by atoms with van der Waals surface area (Å²) in [6.07, 6.45) is 3.06. The second-order valence-corrected chi connectivity index (χ2v) is 5.94. The van der Waals surface area contributed by atoms with Crippen molar-refractivity contribution in [3.05, 3.63) is 24.5 Å². The van der Waals surface area contributed by atoms with E-state index in [1.165, 1.54) is 6.33 Å². The molecule has 0 aliphatic rings. The summed E-state index contributed by atoms with van der Waals surface area (Å²) in [6, 6.07) is 1.29. The van der Waals surface area contributed by atoms with Crippen LogP contribution in [0.2, 0.25) is 0 Å². The van der Waals surface area contributed by atoms with Gasteiger partial charge in [-0.15, -0.1) is 0 Å². The van der Waals surface area contributed by atoms with Gasteiger partial charge in [-0.05, 0) is 6.92 Å². The predicted molar refractivity (Wildman–Crippen MR) is 76.8 cm³/mol. The minimum atomic E-state index is -0.337. The highest BCUT2D eigenvalue weighted by molar-refractivity contribution is 5.88. The molecule has 8 heteroatoms. The van der Waals surface area contributed by atoms with Crippen LogP contribution in [0.25, 0.3) is 0 Å². The first-order valence-electron chi connectivity index (χ1n) is 6.72. The molecular formula is C13H20N6O2. The van der Waals surface area contributed by atoms with Crippen molar-refractivity contribution in [2.45, 2.75) is 45.7 Å². The Kier molecular flexibility index (Phi) is 4.25. The molecule has 0 fully saturated rings. The molecule has 2 amide bonds. The SMILES string of the molecule is CC(Cn1cncn1)NC(=O)Nc1cc(C(C)(C)C)on1. The Morgan fingerprint density at radius 2 is 2.24 bits per heavy atom. The third-order valence-corrected chi connectivity index (χ3v) is 2.80. The van der Waals surface area contributed by atoms with Crippen molar-refractivity contribution in [1.82, 2.24) is 25.2 Å². The van der Waals surface area contributed by atoms with E-state index in [9.17, 15) is 4.79 Å². The first-order valence-corrected chi connectivity index (χ1v) is 6.72. The average molecular weight is 292 g/mol. The fourth-order valence-corrected chi connectivity index (χ4v) is 1.72. The van der Waals surface area contributed by atoms with Crippen LogP contribution in [-0.4, -0.2) is 32.0 Å². The van der Waals surface area contributed by atoms with Crippen molar-refractivity contribution in [1.29, 1.82) is 0 Å². The highest BCUT2D eigenvalue weighted by atomic mass is 16.5. The molecular weight excluding hydrogens is 272 g/mol. The Bertz CT molecular complexity index is 584. The molecule has 1 unspecified atom stereocenters. The van der Waals surface area contributed by atoms with Crippen LogP contribution in [0.4, 0.5) is 10.6 Å². The van der Waals surface area contributed by atoms with E-state index in [0.29, 0.717) is 18.1 Å². The number of carbonyl (C=O) groups excluding carboxylic acids is 1. The number of urea groups is 1. The third-order valence-electron chi connectivity index (χ3n) is 2.80. The molecule has 2 aromatic rings. The molecule has 0 saturated heterocycles. The molecule has 0 bridgehead atoms. The molecule has 21 heavy (non-hydrogen) atoms. The van der Waals surface area contributed by atoms with Gasteiger partial charge < -0.3 is 9.84 Å². The van der Waals surface area contributed by atoms with E-state index in [1.807, 2.05) is 27.7 Å². The first-order chi connectivity index (χ1) is 9.84. The van der Waals surface area contributed by atoms with Gasteiger partial charge in [-0.3, -0.25) is 10.00 Å². The van der Waals surface area contributed by atoms with Gasteiger partial charge in [-0.2, -0.15) is 5.10 Å². The first kappa shape index (κ1) is 15.0. The summed E-state index contributed by atoms with van der Waals surface area (Å²) in [4.78, 5) is 15.7. The van der Waals surface area contributed by atoms with Crippen molar-refractivity contribution in [2.24, 2.45) is 0 Å². The van der Waals surface area contributed by atoms with Gasteiger partial charge in [-0.25, -0.2) is 9.78 Å². The number of amides is 2. The number of anilines is 1. The second kappa shape index (κ2) is 5.94. The van der Waals surface area contributed by atoms with Crippen molar-refractivity contribution in [3.8, 4) is 0 Å². The number of aromatic nitrogens is 4. The molecule has 8 nitrogen and oxygen atoms in total. The van der Waals surface area contributed by atoms with Gasteiger partial charge in [0.15, 0.2) is 5.82 Å². The maximum absolute atomic E-state index is 11.9. The summed E-state index contributed by atoms with van der Waals surface area (Å²) in [5, 5.41) is 13.3. The lowest BCUT2D eigenvalue weighted by atomic mass is 9.93. The average Bonchev–Trinajstić information content (AvgIpc) is 2.98. The van der Waals surface area contributed by atoms with Crippen molar-refractivity contribution >= 4 is 11.8 Å². The topological polar surface area (TPSA) is 97.9 Å². The molecule has 2 aromatic heterocycles. The van der Waals surface area contributed by atoms with Crippen molar-refractivity contribution < 1.29 is 9.32 Å². The molecule has 0 radical (unpaired) electrons. The Balaban J connectivity index is 1.85. The van der Waals surface area contributed by atoms with E-state index in [1.54, 1.807) is 17.1 Å². The van der Waals surface area contributed by atoms with Crippen LogP contribution in [0.1, 0.15) is 33.5 Å². The number of nitrogens with one attached hydrogen (secondary N) is 2. The minimum absolute atomic E-state index is 0.0966. The Morgan fingerprint density at radius 3 is 2.81 bits per heavy atom. The van der Waals surface area contributed by atoms with Crippen LogP contribution in [0.5, 0.6) is 0 Å². The number of carbonyl (C=O) groups is 1. The molecule has 0 aliphatic heterocycles. The lowest BCUT2D eigenvalue weighted by Gasteiger charge is -2.13. The largest absolute Gasteiger partial charge is 0.359 e. The van der Waals surface area contributed by atoms with Crippen molar-refractivity contribution in [3.63, 3.8) is 0 Å². The summed E-state index contributed by atoms with van der Waals surface area (Å²) in [5.41, 5.74) is -0.149. The molecule has 0 aliphatic carbocycles. The van der Waals surface area contributed by atoms with E-state index < -0.39 is 0 Å². The molecule has 0 aromatic carbocycles. The van der Waals surface area contributed by atoms with Gasteiger partial charge in [0.2, 0.25) is 0 Å². The van der Waals surface area contributed by atoms with Crippen LogP contribution < -0.4 is 10.6 Å². The second-order valence-electron chi connectivity index (χ2n) is 5.94. The quantitative estimate of drug-likeness (QED) is 0.895. The minimum Gasteiger partial charge on any atom is -0.359 e. The fourth-order valence-electron chi connectivity index (χ4n) is 1.72. The maximum atomic E-state index is 11.9. The van der Waals surface area contributed by atoms with Crippen LogP contribution in [0.3, 0.4) is 0 Å². The number of hydrogen-bond donors (Lipinski definition) is 2. The van der Waals surface area contributed by atoms with Crippen LogP contribution in [0, 0.1) is 0 Å². The zero-order valence-corrected chi connectivity index (χ0v) is 12.6. The normalized spacial score (nSPS) is 13.0. The summed E-state index contributed by atoms with van der Waals surface area (Å²) in [5.74, 6) is 1.11. The molecule has 114 valence electrons. The zero-order valence-electron chi connectivity index (χ0n) is 12.6. The van der Waals surface area contributed by atoms with Gasteiger partial charge in [0.25, 0.3) is 0 Å². The summed E-state index contributed by atoms with van der Waals surface area (Å²) >= 11 is 0. The van der Waals surface area contributed by atoms with E-state index in [2.05, 4.69) is 25.9 Å². The zero-order chi connectivity index (χ0) is 15.5. The summed E-state index contributed by atoms with van der Waals surface area (Å²) < 4.78 is 6.86.